The summed E-state index contributed by atoms with van der Waals surface area (Å²) in [6.45, 7) is 4.02. The molecule has 0 spiro atoms. The molecule has 3 aromatic rings. The summed E-state index contributed by atoms with van der Waals surface area (Å²) in [5.74, 6) is -1.70. The number of hydrogen-bond acceptors (Lipinski definition) is 3. The first kappa shape index (κ1) is 23.2. The number of carbonyl (C=O) groups excluding carboxylic acids is 2. The van der Waals surface area contributed by atoms with Crippen LogP contribution in [0.2, 0.25) is 0 Å². The summed E-state index contributed by atoms with van der Waals surface area (Å²) in [5, 5.41) is 7.92. The SMILES string of the molecule is Cc1ccc(CNC(=O)c2ccc(N3CCCC3)c(NC(=O)Nc3cc(F)ccc3F)c2)cc1. The summed E-state index contributed by atoms with van der Waals surface area (Å²) < 4.78 is 27.4. The van der Waals surface area contributed by atoms with E-state index in [0.29, 0.717) is 17.8 Å². The van der Waals surface area contributed by atoms with Crippen LogP contribution in [0.4, 0.5) is 30.6 Å². The Morgan fingerprint density at radius 2 is 1.59 bits per heavy atom. The Morgan fingerprint density at radius 3 is 2.32 bits per heavy atom. The third-order valence-electron chi connectivity index (χ3n) is 5.70. The topological polar surface area (TPSA) is 73.5 Å². The minimum atomic E-state index is -0.749. The predicted octanol–water partition coefficient (Wildman–Crippen LogP) is 5.45. The molecule has 1 heterocycles. The van der Waals surface area contributed by atoms with Gasteiger partial charge in [0.1, 0.15) is 11.6 Å². The lowest BCUT2D eigenvalue weighted by atomic mass is 10.1. The van der Waals surface area contributed by atoms with Gasteiger partial charge >= 0.3 is 6.03 Å². The van der Waals surface area contributed by atoms with E-state index in [1.807, 2.05) is 31.2 Å². The number of aryl methyl sites for hydroxylation is 1. The highest BCUT2D eigenvalue weighted by atomic mass is 19.1. The van der Waals surface area contributed by atoms with Crippen LogP contribution in [0.1, 0.15) is 34.3 Å². The Balaban J connectivity index is 1.51. The van der Waals surface area contributed by atoms with Crippen molar-refractivity contribution in [3.8, 4) is 0 Å². The Bertz CT molecular complexity index is 1190. The van der Waals surface area contributed by atoms with Crippen molar-refractivity contribution in [2.45, 2.75) is 26.3 Å². The Hall–Kier alpha value is -3.94. The van der Waals surface area contributed by atoms with Crippen molar-refractivity contribution in [3.05, 3.63) is 89.0 Å². The van der Waals surface area contributed by atoms with Gasteiger partial charge in [0.2, 0.25) is 0 Å². The molecular formula is C26H26F2N4O2. The average Bonchev–Trinajstić information content (AvgIpc) is 3.35. The van der Waals surface area contributed by atoms with Crippen LogP contribution in [-0.4, -0.2) is 25.0 Å². The van der Waals surface area contributed by atoms with E-state index in [1.54, 1.807) is 18.2 Å². The number of nitrogens with zero attached hydrogens (tertiary/aromatic N) is 1. The van der Waals surface area contributed by atoms with Crippen molar-refractivity contribution < 1.29 is 18.4 Å². The Kier molecular flexibility index (Phi) is 7.06. The second-order valence-electron chi connectivity index (χ2n) is 8.30. The van der Waals surface area contributed by atoms with Gasteiger partial charge in [-0.3, -0.25) is 4.79 Å². The highest BCUT2D eigenvalue weighted by Gasteiger charge is 2.19. The van der Waals surface area contributed by atoms with Crippen LogP contribution in [0, 0.1) is 18.6 Å². The number of nitrogens with one attached hydrogen (secondary N) is 3. The van der Waals surface area contributed by atoms with E-state index in [4.69, 9.17) is 0 Å². The zero-order valence-corrected chi connectivity index (χ0v) is 18.8. The molecule has 0 atom stereocenters. The number of carbonyl (C=O) groups is 2. The van der Waals surface area contributed by atoms with Crippen LogP contribution in [-0.2, 0) is 6.54 Å². The van der Waals surface area contributed by atoms with Gasteiger partial charge in [0, 0.05) is 31.3 Å². The van der Waals surface area contributed by atoms with Crippen LogP contribution in [0.3, 0.4) is 0 Å². The number of benzene rings is 3. The van der Waals surface area contributed by atoms with Crippen molar-refractivity contribution >= 4 is 29.0 Å². The lowest BCUT2D eigenvalue weighted by Crippen LogP contribution is -2.26. The van der Waals surface area contributed by atoms with Crippen LogP contribution >= 0.6 is 0 Å². The average molecular weight is 465 g/mol. The molecule has 1 aliphatic heterocycles. The van der Waals surface area contributed by atoms with Crippen LogP contribution in [0.25, 0.3) is 0 Å². The summed E-state index contributed by atoms with van der Waals surface area (Å²) >= 11 is 0. The van der Waals surface area contributed by atoms with Crippen molar-refractivity contribution in [1.82, 2.24) is 5.32 Å². The fourth-order valence-corrected chi connectivity index (χ4v) is 3.87. The molecule has 4 rings (SSSR count). The van der Waals surface area contributed by atoms with Crippen LogP contribution in [0.5, 0.6) is 0 Å². The molecule has 1 saturated heterocycles. The molecular weight excluding hydrogens is 438 g/mol. The van der Waals surface area contributed by atoms with E-state index >= 15 is 0 Å². The minimum Gasteiger partial charge on any atom is -0.370 e. The van der Waals surface area contributed by atoms with Gasteiger partial charge in [-0.15, -0.1) is 0 Å². The Morgan fingerprint density at radius 1 is 0.882 bits per heavy atom. The fraction of sp³-hybridized carbons (Fsp3) is 0.231. The lowest BCUT2D eigenvalue weighted by molar-refractivity contribution is 0.0951. The van der Waals surface area contributed by atoms with Crippen LogP contribution in [0.15, 0.2) is 60.7 Å². The molecule has 1 fully saturated rings. The van der Waals surface area contributed by atoms with Gasteiger partial charge < -0.3 is 20.9 Å². The van der Waals surface area contributed by atoms with E-state index in [-0.39, 0.29) is 11.6 Å². The minimum absolute atomic E-state index is 0.271. The molecule has 1 aliphatic rings. The van der Waals surface area contributed by atoms with E-state index in [1.165, 1.54) is 0 Å². The first-order valence-electron chi connectivity index (χ1n) is 11.1. The molecule has 0 radical (unpaired) electrons. The highest BCUT2D eigenvalue weighted by molar-refractivity contribution is 6.04. The molecule has 0 saturated carbocycles. The van der Waals surface area contributed by atoms with E-state index in [0.717, 1.165) is 60.9 Å². The number of anilines is 3. The monoisotopic (exact) mass is 464 g/mol. The molecule has 3 amide bonds. The second kappa shape index (κ2) is 10.3. The first-order valence-corrected chi connectivity index (χ1v) is 11.1. The van der Waals surface area contributed by atoms with E-state index in [2.05, 4.69) is 20.9 Å². The van der Waals surface area contributed by atoms with Crippen molar-refractivity contribution in [3.63, 3.8) is 0 Å². The quantitative estimate of drug-likeness (QED) is 0.454. The second-order valence-corrected chi connectivity index (χ2v) is 8.30. The summed E-state index contributed by atoms with van der Waals surface area (Å²) in [5.41, 5.74) is 3.40. The number of rotatable bonds is 6. The van der Waals surface area contributed by atoms with Gasteiger partial charge in [-0.1, -0.05) is 29.8 Å². The standard InChI is InChI=1S/C26H26F2N4O2/c1-17-4-6-18(7-5-17)16-29-25(33)19-8-11-24(32-12-2-3-13-32)23(14-19)31-26(34)30-22-15-20(27)9-10-21(22)28/h4-11,14-15H,2-3,12-13,16H2,1H3,(H,29,33)(H2,30,31,34). The number of amides is 3. The maximum atomic E-state index is 13.9. The Labute approximate surface area is 197 Å². The third kappa shape index (κ3) is 5.70. The lowest BCUT2D eigenvalue weighted by Gasteiger charge is -2.22. The zero-order valence-electron chi connectivity index (χ0n) is 18.8. The number of halogens is 2. The molecule has 34 heavy (non-hydrogen) atoms. The predicted molar refractivity (Wildman–Crippen MR) is 129 cm³/mol. The summed E-state index contributed by atoms with van der Waals surface area (Å²) in [7, 11) is 0. The molecule has 0 aliphatic carbocycles. The summed E-state index contributed by atoms with van der Waals surface area (Å²) in [6.07, 6.45) is 2.05. The van der Waals surface area contributed by atoms with Crippen molar-refractivity contribution in [1.29, 1.82) is 0 Å². The molecule has 3 aromatic carbocycles. The molecule has 6 nitrogen and oxygen atoms in total. The zero-order chi connectivity index (χ0) is 24.1. The number of hydrogen-bond donors (Lipinski definition) is 3. The third-order valence-corrected chi connectivity index (χ3v) is 5.70. The fourth-order valence-electron chi connectivity index (χ4n) is 3.87. The van der Waals surface area contributed by atoms with Gasteiger partial charge in [0.25, 0.3) is 5.91 Å². The molecule has 0 aromatic heterocycles. The maximum absolute atomic E-state index is 13.9. The largest absolute Gasteiger partial charge is 0.370 e. The van der Waals surface area contributed by atoms with Crippen molar-refractivity contribution in [2.75, 3.05) is 28.6 Å². The van der Waals surface area contributed by atoms with E-state index < -0.39 is 17.7 Å². The summed E-state index contributed by atoms with van der Waals surface area (Å²) in [4.78, 5) is 27.5. The van der Waals surface area contributed by atoms with E-state index in [9.17, 15) is 18.4 Å². The van der Waals surface area contributed by atoms with Gasteiger partial charge in [0.05, 0.1) is 17.1 Å². The maximum Gasteiger partial charge on any atom is 0.323 e. The molecule has 0 unspecified atom stereocenters. The highest BCUT2D eigenvalue weighted by Crippen LogP contribution is 2.30. The van der Waals surface area contributed by atoms with Crippen molar-refractivity contribution in [2.24, 2.45) is 0 Å². The van der Waals surface area contributed by atoms with Gasteiger partial charge in [-0.25, -0.2) is 13.6 Å². The van der Waals surface area contributed by atoms with Crippen LogP contribution < -0.4 is 20.9 Å². The molecule has 176 valence electrons. The first-order chi connectivity index (χ1) is 16.4. The smallest absolute Gasteiger partial charge is 0.323 e. The normalized spacial score (nSPS) is 13.0. The molecule has 3 N–H and O–H groups in total. The van der Waals surface area contributed by atoms with Gasteiger partial charge in [-0.2, -0.15) is 0 Å². The number of urea groups is 1. The molecule has 0 bridgehead atoms. The molecule has 8 heteroatoms. The summed E-state index contributed by atoms with van der Waals surface area (Å²) in [6, 6.07) is 15.1. The van der Waals surface area contributed by atoms with Gasteiger partial charge in [-0.05, 0) is 55.7 Å². The van der Waals surface area contributed by atoms with Gasteiger partial charge in [0.15, 0.2) is 0 Å².